The molecule has 40 heavy (non-hydrogen) atoms. The SMILES string of the molecule is CCn1nc[n+](CC)c1/N=N/c1ccc(N2CCN(c3ccc(/N=N/c4n(CC)nc[n+]4CC)cc3)CC2)cc1. The van der Waals surface area contributed by atoms with Gasteiger partial charge >= 0.3 is 11.9 Å². The molecule has 0 amide bonds. The summed E-state index contributed by atoms with van der Waals surface area (Å²) in [7, 11) is 0. The molecule has 4 aromatic rings. The monoisotopic (exact) mass is 542 g/mol. The number of aromatic nitrogens is 6. The summed E-state index contributed by atoms with van der Waals surface area (Å²) < 4.78 is 7.68. The van der Waals surface area contributed by atoms with Crippen LogP contribution in [0, 0.1) is 0 Å². The molecular formula is C28H38N12+2. The Hall–Kier alpha value is -4.48. The van der Waals surface area contributed by atoms with Gasteiger partial charge in [0.1, 0.15) is 0 Å². The van der Waals surface area contributed by atoms with Crippen LogP contribution in [0.4, 0.5) is 34.6 Å². The molecular weight excluding hydrogens is 504 g/mol. The largest absolute Gasteiger partial charge is 0.403 e. The summed E-state index contributed by atoms with van der Waals surface area (Å²) in [6.45, 7) is 15.2. The second-order valence-corrected chi connectivity index (χ2v) is 9.47. The third-order valence-electron chi connectivity index (χ3n) is 7.14. The third-order valence-corrected chi connectivity index (χ3v) is 7.14. The fourth-order valence-electron chi connectivity index (χ4n) is 4.75. The highest BCUT2D eigenvalue weighted by molar-refractivity contribution is 5.56. The molecule has 0 atom stereocenters. The molecule has 12 nitrogen and oxygen atoms in total. The van der Waals surface area contributed by atoms with Crippen molar-refractivity contribution in [2.45, 2.75) is 53.9 Å². The molecule has 1 saturated heterocycles. The zero-order chi connectivity index (χ0) is 27.9. The maximum atomic E-state index is 4.46. The molecule has 0 aliphatic carbocycles. The number of rotatable bonds is 10. The molecule has 0 unspecified atom stereocenters. The Morgan fingerprint density at radius 3 is 1.27 bits per heavy atom. The van der Waals surface area contributed by atoms with Gasteiger partial charge in [-0.05, 0) is 86.4 Å². The van der Waals surface area contributed by atoms with Crippen molar-refractivity contribution in [2.75, 3.05) is 36.0 Å². The Morgan fingerprint density at radius 1 is 0.575 bits per heavy atom. The van der Waals surface area contributed by atoms with E-state index in [1.54, 1.807) is 12.7 Å². The van der Waals surface area contributed by atoms with Crippen molar-refractivity contribution < 1.29 is 9.13 Å². The minimum atomic E-state index is 0.757. The van der Waals surface area contributed by atoms with E-state index in [2.05, 4.69) is 92.4 Å². The molecule has 0 radical (unpaired) electrons. The summed E-state index contributed by atoms with van der Waals surface area (Å²) >= 11 is 0. The topological polar surface area (TPSA) is 99.3 Å². The lowest BCUT2D eigenvalue weighted by Gasteiger charge is -2.37. The van der Waals surface area contributed by atoms with E-state index in [1.807, 2.05) is 42.8 Å². The van der Waals surface area contributed by atoms with Crippen molar-refractivity contribution in [3.63, 3.8) is 0 Å². The number of hydrogen-bond acceptors (Lipinski definition) is 8. The lowest BCUT2D eigenvalue weighted by atomic mass is 10.2. The highest BCUT2D eigenvalue weighted by Crippen LogP contribution is 2.26. The number of aryl methyl sites for hydroxylation is 4. The molecule has 0 spiro atoms. The van der Waals surface area contributed by atoms with Crippen molar-refractivity contribution in [1.29, 1.82) is 0 Å². The number of benzene rings is 2. The van der Waals surface area contributed by atoms with Crippen molar-refractivity contribution >= 4 is 34.6 Å². The number of azo groups is 2. The van der Waals surface area contributed by atoms with Crippen LogP contribution < -0.4 is 18.9 Å². The van der Waals surface area contributed by atoms with E-state index in [-0.39, 0.29) is 0 Å². The molecule has 2 aromatic carbocycles. The molecule has 0 saturated carbocycles. The van der Waals surface area contributed by atoms with Crippen LogP contribution in [0.25, 0.3) is 0 Å². The van der Waals surface area contributed by atoms with Crippen LogP contribution in [-0.2, 0) is 26.2 Å². The van der Waals surface area contributed by atoms with Gasteiger partial charge in [-0.25, -0.2) is 9.13 Å². The Balaban J connectivity index is 1.16. The molecule has 1 aliphatic heterocycles. The Bertz CT molecular complexity index is 1290. The minimum absolute atomic E-state index is 0.757. The quantitative estimate of drug-likeness (QED) is 0.210. The second kappa shape index (κ2) is 12.6. The molecule has 1 aliphatic rings. The van der Waals surface area contributed by atoms with E-state index in [4.69, 9.17) is 0 Å². The van der Waals surface area contributed by atoms with Gasteiger partial charge < -0.3 is 9.80 Å². The zero-order valence-electron chi connectivity index (χ0n) is 23.8. The van der Waals surface area contributed by atoms with E-state index in [0.717, 1.165) is 75.6 Å². The number of hydrogen-bond donors (Lipinski definition) is 0. The third kappa shape index (κ3) is 5.90. The zero-order valence-corrected chi connectivity index (χ0v) is 23.8. The highest BCUT2D eigenvalue weighted by Gasteiger charge is 2.19. The van der Waals surface area contributed by atoms with E-state index in [0.29, 0.717) is 0 Å². The second-order valence-electron chi connectivity index (χ2n) is 9.47. The van der Waals surface area contributed by atoms with E-state index in [1.165, 1.54) is 11.4 Å². The highest BCUT2D eigenvalue weighted by atomic mass is 15.4. The van der Waals surface area contributed by atoms with Gasteiger partial charge in [0.05, 0.1) is 37.6 Å². The van der Waals surface area contributed by atoms with E-state index in [9.17, 15) is 0 Å². The lowest BCUT2D eigenvalue weighted by Crippen LogP contribution is -2.46. The van der Waals surface area contributed by atoms with Crippen LogP contribution in [-0.4, -0.2) is 45.7 Å². The average molecular weight is 543 g/mol. The standard InChI is InChI=1S/C28H38N12/c1-5-35-21-29-39(7-3)27(35)33-31-23-9-13-25(14-10-23)37-17-19-38(20-18-37)26-15-11-24(12-16-26)32-34-28-36(6-2)22-30-40(28)8-4/h9-16,21-22H,5-8,17-20H2,1-4H3/q+2. The lowest BCUT2D eigenvalue weighted by molar-refractivity contribution is -0.681. The molecule has 208 valence electrons. The molecule has 12 heteroatoms. The van der Waals surface area contributed by atoms with E-state index < -0.39 is 0 Å². The predicted octanol–water partition coefficient (Wildman–Crippen LogP) is 4.89. The molecule has 5 rings (SSSR count). The molecule has 0 N–H and O–H groups in total. The molecule has 1 fully saturated rings. The number of piperazine rings is 1. The summed E-state index contributed by atoms with van der Waals surface area (Å²) in [4.78, 5) is 4.83. The first-order valence-corrected chi connectivity index (χ1v) is 14.1. The van der Waals surface area contributed by atoms with Crippen LogP contribution in [0.1, 0.15) is 27.7 Å². The Morgan fingerprint density at radius 2 is 0.950 bits per heavy atom. The fourth-order valence-corrected chi connectivity index (χ4v) is 4.75. The van der Waals surface area contributed by atoms with Crippen molar-refractivity contribution in [2.24, 2.45) is 20.5 Å². The number of nitrogens with zero attached hydrogens (tertiary/aromatic N) is 12. The van der Waals surface area contributed by atoms with Gasteiger partial charge in [0.2, 0.25) is 12.7 Å². The maximum Gasteiger partial charge on any atom is 0.403 e. The predicted molar refractivity (Wildman–Crippen MR) is 153 cm³/mol. The van der Waals surface area contributed by atoms with Gasteiger partial charge in [-0.15, -0.1) is 9.36 Å². The maximum absolute atomic E-state index is 4.46. The Labute approximate surface area is 234 Å². The smallest absolute Gasteiger partial charge is 0.368 e. The first-order chi connectivity index (χ1) is 19.6. The van der Waals surface area contributed by atoms with Gasteiger partial charge in [-0.1, -0.05) is 10.2 Å². The summed E-state index contributed by atoms with van der Waals surface area (Å²) in [6, 6.07) is 16.6. The van der Waals surface area contributed by atoms with Gasteiger partial charge in [0.25, 0.3) is 0 Å². The number of anilines is 2. The van der Waals surface area contributed by atoms with Gasteiger partial charge in [0.15, 0.2) is 0 Å². The molecule has 3 heterocycles. The van der Waals surface area contributed by atoms with Crippen LogP contribution >= 0.6 is 0 Å². The summed E-state index contributed by atoms with van der Waals surface area (Å²) in [5, 5.41) is 26.5. The van der Waals surface area contributed by atoms with Crippen molar-refractivity contribution in [3.05, 3.63) is 61.2 Å². The van der Waals surface area contributed by atoms with Crippen LogP contribution in [0.2, 0.25) is 0 Å². The van der Waals surface area contributed by atoms with Crippen molar-refractivity contribution in [3.8, 4) is 0 Å². The molecule has 0 bridgehead atoms. The summed E-state index contributed by atoms with van der Waals surface area (Å²) in [6.07, 6.45) is 3.60. The van der Waals surface area contributed by atoms with Crippen molar-refractivity contribution in [1.82, 2.24) is 19.6 Å². The first kappa shape index (κ1) is 27.1. The first-order valence-electron chi connectivity index (χ1n) is 14.1. The fraction of sp³-hybridized carbons (Fsp3) is 0.429. The van der Waals surface area contributed by atoms with Gasteiger partial charge in [-0.2, -0.15) is 0 Å². The minimum Gasteiger partial charge on any atom is -0.368 e. The Kier molecular flexibility index (Phi) is 8.53. The van der Waals surface area contributed by atoms with Crippen LogP contribution in [0.5, 0.6) is 0 Å². The van der Waals surface area contributed by atoms with Gasteiger partial charge in [0, 0.05) is 47.8 Å². The van der Waals surface area contributed by atoms with Crippen LogP contribution in [0.15, 0.2) is 81.6 Å². The molecule has 2 aromatic heterocycles. The summed E-state index contributed by atoms with van der Waals surface area (Å²) in [5.41, 5.74) is 4.06. The van der Waals surface area contributed by atoms with Gasteiger partial charge in [-0.3, -0.25) is 0 Å². The normalized spacial score (nSPS) is 14.2. The van der Waals surface area contributed by atoms with Crippen LogP contribution in [0.3, 0.4) is 0 Å². The summed E-state index contributed by atoms with van der Waals surface area (Å²) in [5.74, 6) is 1.52. The van der Waals surface area contributed by atoms with E-state index >= 15 is 0 Å². The average Bonchev–Trinajstić information content (AvgIpc) is 3.62.